The largest absolute Gasteiger partial charge is 0.463 e. The molecule has 0 radical (unpaired) electrons. The van der Waals surface area contributed by atoms with Crippen LogP contribution in [0.15, 0.2) is 54.6 Å². The maximum Gasteiger partial charge on any atom is 0.331 e. The van der Waals surface area contributed by atoms with Crippen LogP contribution in [0.4, 0.5) is 4.39 Å². The van der Waals surface area contributed by atoms with Gasteiger partial charge in [0, 0.05) is 6.08 Å². The molecule has 0 aliphatic heterocycles. The highest BCUT2D eigenvalue weighted by atomic mass is 35.5. The Morgan fingerprint density at radius 1 is 1.22 bits per heavy atom. The highest BCUT2D eigenvalue weighted by Gasteiger charge is 2.07. The highest BCUT2D eigenvalue weighted by molar-refractivity contribution is 6.30. The number of ether oxygens (including phenoxy) is 1. The van der Waals surface area contributed by atoms with Gasteiger partial charge in [-0.3, -0.25) is 0 Å². The third-order valence-corrected chi connectivity index (χ3v) is 3.70. The molecule has 0 heterocycles. The number of esters is 1. The Labute approximate surface area is 140 Å². The summed E-state index contributed by atoms with van der Waals surface area (Å²) in [6.45, 7) is 2.10. The normalized spacial score (nSPS) is 11.3. The van der Waals surface area contributed by atoms with Crippen molar-refractivity contribution in [2.24, 2.45) is 0 Å². The van der Waals surface area contributed by atoms with Gasteiger partial charge in [-0.15, -0.1) is 0 Å². The van der Waals surface area contributed by atoms with Gasteiger partial charge in [-0.1, -0.05) is 48.0 Å². The first-order chi connectivity index (χ1) is 11.1. The smallest absolute Gasteiger partial charge is 0.331 e. The van der Waals surface area contributed by atoms with E-state index < -0.39 is 5.82 Å². The number of allylic oxidation sites excluding steroid dienone is 1. The molecular formula is C19H18ClFO2. The minimum Gasteiger partial charge on any atom is -0.463 e. The molecule has 0 aliphatic carbocycles. The molecule has 2 nitrogen and oxygen atoms in total. The van der Waals surface area contributed by atoms with Crippen LogP contribution in [0.25, 0.3) is 5.57 Å². The standard InChI is InChI=1S/C19H18ClFO2/c1-2-23-19(22)13-16(15-6-4-3-5-7-15)10-8-14-9-11-17(20)18(21)12-14/h3-7,9,11-13H,2,8,10H2,1H3. The number of hydrogen-bond donors (Lipinski definition) is 0. The van der Waals surface area contributed by atoms with E-state index in [4.69, 9.17) is 16.3 Å². The van der Waals surface area contributed by atoms with Gasteiger partial charge in [0.1, 0.15) is 5.82 Å². The molecule has 0 amide bonds. The summed E-state index contributed by atoms with van der Waals surface area (Å²) in [6, 6.07) is 14.4. The summed E-state index contributed by atoms with van der Waals surface area (Å²) < 4.78 is 18.5. The lowest BCUT2D eigenvalue weighted by Crippen LogP contribution is -2.02. The molecule has 0 spiro atoms. The van der Waals surface area contributed by atoms with Gasteiger partial charge in [0.25, 0.3) is 0 Å². The molecule has 0 bridgehead atoms. The summed E-state index contributed by atoms with van der Waals surface area (Å²) in [5, 5.41) is 0.110. The molecule has 0 saturated carbocycles. The van der Waals surface area contributed by atoms with Crippen LogP contribution in [0.5, 0.6) is 0 Å². The highest BCUT2D eigenvalue weighted by Crippen LogP contribution is 2.22. The van der Waals surface area contributed by atoms with Crippen LogP contribution in [0.1, 0.15) is 24.5 Å². The van der Waals surface area contributed by atoms with Gasteiger partial charge in [0.05, 0.1) is 11.6 Å². The lowest BCUT2D eigenvalue weighted by atomic mass is 9.98. The number of benzene rings is 2. The van der Waals surface area contributed by atoms with Crippen molar-refractivity contribution >= 4 is 23.1 Å². The molecular weight excluding hydrogens is 315 g/mol. The minimum absolute atomic E-state index is 0.110. The van der Waals surface area contributed by atoms with E-state index in [1.807, 2.05) is 30.3 Å². The fourth-order valence-electron chi connectivity index (χ4n) is 2.25. The Kier molecular flexibility index (Phi) is 6.36. The molecule has 0 aromatic heterocycles. The molecule has 0 fully saturated rings. The monoisotopic (exact) mass is 332 g/mol. The van der Waals surface area contributed by atoms with E-state index in [0.29, 0.717) is 19.4 Å². The second-order valence-corrected chi connectivity index (χ2v) is 5.44. The Morgan fingerprint density at radius 3 is 2.61 bits per heavy atom. The van der Waals surface area contributed by atoms with Crippen LogP contribution >= 0.6 is 11.6 Å². The van der Waals surface area contributed by atoms with Crippen LogP contribution in [0.3, 0.4) is 0 Å². The van der Waals surface area contributed by atoms with Crippen LogP contribution < -0.4 is 0 Å². The number of carbonyl (C=O) groups is 1. The molecule has 120 valence electrons. The summed E-state index contributed by atoms with van der Waals surface area (Å²) in [5.41, 5.74) is 2.65. The van der Waals surface area contributed by atoms with E-state index >= 15 is 0 Å². The predicted octanol–water partition coefficient (Wildman–Crippen LogP) is 5.06. The molecule has 2 rings (SSSR count). The van der Waals surface area contributed by atoms with E-state index in [0.717, 1.165) is 16.7 Å². The fourth-order valence-corrected chi connectivity index (χ4v) is 2.37. The quantitative estimate of drug-likeness (QED) is 0.546. The molecule has 2 aromatic rings. The van der Waals surface area contributed by atoms with Gasteiger partial charge < -0.3 is 4.74 Å². The molecule has 0 unspecified atom stereocenters. The second kappa shape index (κ2) is 8.49. The molecule has 0 N–H and O–H groups in total. The first-order valence-corrected chi connectivity index (χ1v) is 7.84. The van der Waals surface area contributed by atoms with E-state index in [-0.39, 0.29) is 11.0 Å². The van der Waals surface area contributed by atoms with Gasteiger partial charge in [0.15, 0.2) is 0 Å². The summed E-state index contributed by atoms with van der Waals surface area (Å²) in [4.78, 5) is 11.8. The van der Waals surface area contributed by atoms with Crippen molar-refractivity contribution in [1.29, 1.82) is 0 Å². The zero-order chi connectivity index (χ0) is 16.7. The maximum absolute atomic E-state index is 13.5. The van der Waals surface area contributed by atoms with Crippen molar-refractivity contribution in [1.82, 2.24) is 0 Å². The molecule has 0 saturated heterocycles. The zero-order valence-electron chi connectivity index (χ0n) is 12.9. The van der Waals surface area contributed by atoms with Gasteiger partial charge in [-0.2, -0.15) is 0 Å². The summed E-state index contributed by atoms with van der Waals surface area (Å²) in [6.07, 6.45) is 2.71. The van der Waals surface area contributed by atoms with Crippen molar-refractivity contribution in [2.45, 2.75) is 19.8 Å². The van der Waals surface area contributed by atoms with E-state index in [2.05, 4.69) is 0 Å². The maximum atomic E-state index is 13.5. The summed E-state index contributed by atoms with van der Waals surface area (Å²) >= 11 is 5.70. The Morgan fingerprint density at radius 2 is 1.96 bits per heavy atom. The van der Waals surface area contributed by atoms with Crippen molar-refractivity contribution in [3.05, 3.63) is 76.6 Å². The molecule has 0 aliphatic rings. The lowest BCUT2D eigenvalue weighted by molar-refractivity contribution is -0.137. The van der Waals surface area contributed by atoms with Crippen LogP contribution in [0.2, 0.25) is 5.02 Å². The number of halogens is 2. The van der Waals surface area contributed by atoms with E-state index in [9.17, 15) is 9.18 Å². The number of hydrogen-bond acceptors (Lipinski definition) is 2. The van der Waals surface area contributed by atoms with Gasteiger partial charge in [0.2, 0.25) is 0 Å². The predicted molar refractivity (Wildman–Crippen MR) is 90.8 cm³/mol. The SMILES string of the molecule is CCOC(=O)C=C(CCc1ccc(Cl)c(F)c1)c1ccccc1. The molecule has 4 heteroatoms. The van der Waals surface area contributed by atoms with Crippen LogP contribution in [0, 0.1) is 5.82 Å². The van der Waals surface area contributed by atoms with Crippen LogP contribution in [-0.2, 0) is 16.0 Å². The number of rotatable bonds is 6. The van der Waals surface area contributed by atoms with Gasteiger partial charge in [-0.25, -0.2) is 9.18 Å². The van der Waals surface area contributed by atoms with Gasteiger partial charge >= 0.3 is 5.97 Å². The Hall–Kier alpha value is -2.13. The molecule has 23 heavy (non-hydrogen) atoms. The first-order valence-electron chi connectivity index (χ1n) is 7.47. The average molecular weight is 333 g/mol. The third kappa shape index (κ3) is 5.22. The Balaban J connectivity index is 2.17. The third-order valence-electron chi connectivity index (χ3n) is 3.39. The second-order valence-electron chi connectivity index (χ2n) is 5.04. The topological polar surface area (TPSA) is 26.3 Å². The lowest BCUT2D eigenvalue weighted by Gasteiger charge is -2.09. The first kappa shape index (κ1) is 17.2. The molecule has 2 aromatic carbocycles. The van der Waals surface area contributed by atoms with E-state index in [1.165, 1.54) is 12.1 Å². The van der Waals surface area contributed by atoms with E-state index in [1.54, 1.807) is 19.1 Å². The fraction of sp³-hybridized carbons (Fsp3) is 0.211. The van der Waals surface area contributed by atoms with Crippen molar-refractivity contribution in [3.63, 3.8) is 0 Å². The van der Waals surface area contributed by atoms with Crippen molar-refractivity contribution < 1.29 is 13.9 Å². The molecule has 0 atom stereocenters. The van der Waals surface area contributed by atoms with Crippen molar-refractivity contribution in [2.75, 3.05) is 6.61 Å². The minimum atomic E-state index is -0.431. The number of carbonyl (C=O) groups excluding carboxylic acids is 1. The Bertz CT molecular complexity index is 696. The van der Waals surface area contributed by atoms with Gasteiger partial charge in [-0.05, 0) is 48.6 Å². The average Bonchev–Trinajstić information content (AvgIpc) is 2.55. The summed E-state index contributed by atoms with van der Waals surface area (Å²) in [7, 11) is 0. The van der Waals surface area contributed by atoms with Crippen LogP contribution in [-0.4, -0.2) is 12.6 Å². The number of aryl methyl sites for hydroxylation is 1. The zero-order valence-corrected chi connectivity index (χ0v) is 13.6. The summed E-state index contributed by atoms with van der Waals surface area (Å²) in [5.74, 6) is -0.798. The van der Waals surface area contributed by atoms with Crippen molar-refractivity contribution in [3.8, 4) is 0 Å².